The summed E-state index contributed by atoms with van der Waals surface area (Å²) in [5.41, 5.74) is 6.06. The van der Waals surface area contributed by atoms with Crippen molar-refractivity contribution in [3.8, 4) is 0 Å². The van der Waals surface area contributed by atoms with E-state index in [-0.39, 0.29) is 11.3 Å². The third kappa shape index (κ3) is 3.92. The standard InChI is InChI=1S/C16H21Cl2N3O2S/c1-8(2)14-21(12(13(19)22)16(3,4)24-14)15(23)20-11-6-9(17)5-10(18)7-11/h5-8,12,14H,1-4H3,(H2,19,22)(H,20,23). The third-order valence-corrected chi connectivity index (χ3v) is 6.10. The van der Waals surface area contributed by atoms with Gasteiger partial charge in [0.05, 0.1) is 5.37 Å². The van der Waals surface area contributed by atoms with Gasteiger partial charge in [0, 0.05) is 20.5 Å². The normalized spacial score (nSPS) is 22.7. The second-order valence-corrected chi connectivity index (χ2v) is 9.30. The average Bonchev–Trinajstić information content (AvgIpc) is 2.69. The first-order valence-electron chi connectivity index (χ1n) is 7.55. The molecule has 0 bridgehead atoms. The fourth-order valence-corrected chi connectivity index (χ4v) is 5.01. The van der Waals surface area contributed by atoms with Gasteiger partial charge in [0.15, 0.2) is 0 Å². The van der Waals surface area contributed by atoms with Gasteiger partial charge in [-0.1, -0.05) is 37.0 Å². The van der Waals surface area contributed by atoms with E-state index in [2.05, 4.69) is 5.32 Å². The lowest BCUT2D eigenvalue weighted by atomic mass is 10.0. The molecule has 0 radical (unpaired) electrons. The number of benzene rings is 1. The Bertz CT molecular complexity index is 646. The van der Waals surface area contributed by atoms with Crippen molar-refractivity contribution in [2.45, 2.75) is 43.9 Å². The molecule has 2 atom stereocenters. The Hall–Kier alpha value is -1.11. The van der Waals surface area contributed by atoms with Crippen molar-refractivity contribution >= 4 is 52.6 Å². The number of carbonyl (C=O) groups is 2. The van der Waals surface area contributed by atoms with Crippen LogP contribution in [0.5, 0.6) is 0 Å². The fraction of sp³-hybridized carbons (Fsp3) is 0.500. The molecular weight excluding hydrogens is 369 g/mol. The Kier molecular flexibility index (Phi) is 5.62. The minimum Gasteiger partial charge on any atom is -0.368 e. The number of rotatable bonds is 3. The first-order chi connectivity index (χ1) is 11.0. The molecule has 1 saturated heterocycles. The number of halogens is 2. The van der Waals surface area contributed by atoms with Crippen molar-refractivity contribution in [1.29, 1.82) is 0 Å². The summed E-state index contributed by atoms with van der Waals surface area (Å²) in [6, 6.07) is 3.68. The molecule has 132 valence electrons. The lowest BCUT2D eigenvalue weighted by molar-refractivity contribution is -0.122. The number of primary amides is 1. The summed E-state index contributed by atoms with van der Waals surface area (Å²) >= 11 is 13.5. The summed E-state index contributed by atoms with van der Waals surface area (Å²) < 4.78 is -0.468. The number of hydrogen-bond donors (Lipinski definition) is 2. The second-order valence-electron chi connectivity index (χ2n) is 6.66. The number of nitrogens with zero attached hydrogens (tertiary/aromatic N) is 1. The van der Waals surface area contributed by atoms with Crippen molar-refractivity contribution in [3.05, 3.63) is 28.2 Å². The number of nitrogens with two attached hydrogens (primary N) is 1. The molecule has 2 unspecified atom stereocenters. The topological polar surface area (TPSA) is 75.4 Å². The Morgan fingerprint density at radius 2 is 1.79 bits per heavy atom. The molecule has 3 N–H and O–H groups in total. The molecule has 1 fully saturated rings. The maximum atomic E-state index is 12.9. The number of amides is 3. The molecule has 1 aliphatic rings. The van der Waals surface area contributed by atoms with E-state index < -0.39 is 22.7 Å². The Morgan fingerprint density at radius 1 is 1.25 bits per heavy atom. The Morgan fingerprint density at radius 3 is 2.25 bits per heavy atom. The van der Waals surface area contributed by atoms with E-state index in [1.807, 2.05) is 27.7 Å². The van der Waals surface area contributed by atoms with E-state index in [1.54, 1.807) is 30.0 Å². The van der Waals surface area contributed by atoms with Crippen LogP contribution in [0.2, 0.25) is 10.0 Å². The molecule has 1 aromatic rings. The lowest BCUT2D eigenvalue weighted by Crippen LogP contribution is -2.55. The van der Waals surface area contributed by atoms with E-state index in [1.165, 1.54) is 4.90 Å². The van der Waals surface area contributed by atoms with Crippen molar-refractivity contribution in [2.75, 3.05) is 5.32 Å². The molecule has 0 spiro atoms. The number of urea groups is 1. The number of carbonyl (C=O) groups excluding carboxylic acids is 2. The van der Waals surface area contributed by atoms with Crippen molar-refractivity contribution in [1.82, 2.24) is 4.90 Å². The predicted octanol–water partition coefficient (Wildman–Crippen LogP) is 4.19. The monoisotopic (exact) mass is 389 g/mol. The molecule has 1 aliphatic heterocycles. The van der Waals surface area contributed by atoms with Crippen molar-refractivity contribution in [3.63, 3.8) is 0 Å². The highest BCUT2D eigenvalue weighted by Gasteiger charge is 2.53. The first kappa shape index (κ1) is 19.2. The van der Waals surface area contributed by atoms with Gasteiger partial charge in [-0.05, 0) is 38.0 Å². The minimum atomic E-state index is -0.704. The smallest absolute Gasteiger partial charge is 0.323 e. The predicted molar refractivity (Wildman–Crippen MR) is 101 cm³/mol. The first-order valence-corrected chi connectivity index (χ1v) is 9.19. The summed E-state index contributed by atoms with van der Waals surface area (Å²) in [5, 5.41) is 3.44. The summed E-state index contributed by atoms with van der Waals surface area (Å²) in [6.07, 6.45) is 0. The van der Waals surface area contributed by atoms with Gasteiger partial charge in [-0.15, -0.1) is 11.8 Å². The fourth-order valence-electron chi connectivity index (χ4n) is 2.90. The number of nitrogens with one attached hydrogen (secondary N) is 1. The highest BCUT2D eigenvalue weighted by atomic mass is 35.5. The van der Waals surface area contributed by atoms with Crippen LogP contribution in [0, 0.1) is 5.92 Å². The van der Waals surface area contributed by atoms with Crippen LogP contribution in [0.1, 0.15) is 27.7 Å². The molecule has 0 saturated carbocycles. The maximum absolute atomic E-state index is 12.9. The molecule has 24 heavy (non-hydrogen) atoms. The Balaban J connectivity index is 2.34. The average molecular weight is 390 g/mol. The number of thioether (sulfide) groups is 1. The zero-order chi connectivity index (χ0) is 18.2. The van der Waals surface area contributed by atoms with Gasteiger partial charge in [0.1, 0.15) is 6.04 Å². The maximum Gasteiger partial charge on any atom is 0.323 e. The van der Waals surface area contributed by atoms with E-state index in [9.17, 15) is 9.59 Å². The Labute approximate surface area is 156 Å². The van der Waals surface area contributed by atoms with Crippen LogP contribution in [0.3, 0.4) is 0 Å². The molecule has 1 aromatic carbocycles. The third-order valence-electron chi connectivity index (χ3n) is 3.82. The van der Waals surface area contributed by atoms with Crippen molar-refractivity contribution < 1.29 is 9.59 Å². The molecule has 3 amide bonds. The van der Waals surface area contributed by atoms with E-state index in [4.69, 9.17) is 28.9 Å². The molecule has 1 heterocycles. The van der Waals surface area contributed by atoms with Gasteiger partial charge >= 0.3 is 6.03 Å². The van der Waals surface area contributed by atoms with Crippen LogP contribution in [0.15, 0.2) is 18.2 Å². The molecule has 2 rings (SSSR count). The van der Waals surface area contributed by atoms with Crippen LogP contribution in [-0.4, -0.2) is 33.0 Å². The van der Waals surface area contributed by atoms with Gasteiger partial charge in [-0.2, -0.15) is 0 Å². The summed E-state index contributed by atoms with van der Waals surface area (Å²) in [5.74, 6) is -0.359. The van der Waals surface area contributed by atoms with Crippen molar-refractivity contribution in [2.24, 2.45) is 11.7 Å². The molecular formula is C16H21Cl2N3O2S. The van der Waals surface area contributed by atoms with Crippen LogP contribution < -0.4 is 11.1 Å². The van der Waals surface area contributed by atoms with E-state index >= 15 is 0 Å². The highest BCUT2D eigenvalue weighted by Crippen LogP contribution is 2.47. The quantitative estimate of drug-likeness (QED) is 0.813. The summed E-state index contributed by atoms with van der Waals surface area (Å²) in [7, 11) is 0. The highest BCUT2D eigenvalue weighted by molar-refractivity contribution is 8.01. The van der Waals surface area contributed by atoms with Gasteiger partial charge in [0.25, 0.3) is 0 Å². The van der Waals surface area contributed by atoms with Gasteiger partial charge < -0.3 is 11.1 Å². The van der Waals surface area contributed by atoms with E-state index in [0.29, 0.717) is 15.7 Å². The number of hydrogen-bond acceptors (Lipinski definition) is 3. The van der Waals surface area contributed by atoms with Crippen LogP contribution in [-0.2, 0) is 4.79 Å². The molecule has 0 aliphatic carbocycles. The van der Waals surface area contributed by atoms with Crippen LogP contribution in [0.25, 0.3) is 0 Å². The zero-order valence-electron chi connectivity index (χ0n) is 14.0. The van der Waals surface area contributed by atoms with Crippen LogP contribution >= 0.6 is 35.0 Å². The molecule has 0 aromatic heterocycles. The molecule has 5 nitrogen and oxygen atoms in total. The summed E-state index contributed by atoms with van der Waals surface area (Å²) in [6.45, 7) is 7.86. The SMILES string of the molecule is CC(C)C1SC(C)(C)C(C(N)=O)N1C(=O)Nc1cc(Cl)cc(Cl)c1. The van der Waals surface area contributed by atoms with Crippen LogP contribution in [0.4, 0.5) is 10.5 Å². The second kappa shape index (κ2) is 7.02. The van der Waals surface area contributed by atoms with Gasteiger partial charge in [0.2, 0.25) is 5.91 Å². The lowest BCUT2D eigenvalue weighted by Gasteiger charge is -2.31. The number of anilines is 1. The minimum absolute atomic E-state index is 0.160. The van der Waals surface area contributed by atoms with Gasteiger partial charge in [-0.25, -0.2) is 4.79 Å². The van der Waals surface area contributed by atoms with E-state index in [0.717, 1.165) is 0 Å². The summed E-state index contributed by atoms with van der Waals surface area (Å²) in [4.78, 5) is 26.4. The zero-order valence-corrected chi connectivity index (χ0v) is 16.3. The molecule has 8 heteroatoms. The van der Waals surface area contributed by atoms with Gasteiger partial charge in [-0.3, -0.25) is 9.69 Å². The largest absolute Gasteiger partial charge is 0.368 e.